The van der Waals surface area contributed by atoms with Crippen LogP contribution in [0.2, 0.25) is 10.0 Å². The van der Waals surface area contributed by atoms with Gasteiger partial charge in [-0.3, -0.25) is 14.9 Å². The zero-order chi connectivity index (χ0) is 24.0. The molecule has 0 saturated heterocycles. The van der Waals surface area contributed by atoms with Crippen LogP contribution in [0.4, 0.5) is 11.4 Å². The third-order valence-electron chi connectivity index (χ3n) is 4.23. The van der Waals surface area contributed by atoms with Crippen molar-refractivity contribution in [1.29, 1.82) is 5.26 Å². The number of hydrogen-bond acceptors (Lipinski definition) is 6. The van der Waals surface area contributed by atoms with E-state index >= 15 is 0 Å². The summed E-state index contributed by atoms with van der Waals surface area (Å²) in [5.41, 5.74) is 0.133. The summed E-state index contributed by atoms with van der Waals surface area (Å²) in [4.78, 5) is 35.1. The van der Waals surface area contributed by atoms with Gasteiger partial charge >= 0.3 is 5.97 Å². The standard InChI is InChI=1S/C23H13Cl2N3O5/c24-17-6-4-15(5-7-17)23(30)33-19-3-1-2-14(11-19)10-16(13-26)22(29)27-21-12-18(28(31)32)8-9-20(21)25/h1-12H,(H,27,29)/b16-10+. The van der Waals surface area contributed by atoms with Crippen LogP contribution >= 0.6 is 23.2 Å². The van der Waals surface area contributed by atoms with Gasteiger partial charge in [0.2, 0.25) is 0 Å². The Morgan fingerprint density at radius 2 is 1.79 bits per heavy atom. The Morgan fingerprint density at radius 3 is 2.45 bits per heavy atom. The molecule has 0 spiro atoms. The van der Waals surface area contributed by atoms with Crippen molar-refractivity contribution in [2.24, 2.45) is 0 Å². The second-order valence-electron chi connectivity index (χ2n) is 6.51. The molecule has 3 rings (SSSR count). The van der Waals surface area contributed by atoms with Gasteiger partial charge in [-0.2, -0.15) is 5.26 Å². The Morgan fingerprint density at radius 1 is 1.06 bits per heavy atom. The fraction of sp³-hybridized carbons (Fsp3) is 0. The van der Waals surface area contributed by atoms with Gasteiger partial charge in [-0.15, -0.1) is 0 Å². The minimum Gasteiger partial charge on any atom is -0.423 e. The van der Waals surface area contributed by atoms with Gasteiger partial charge in [0.05, 0.1) is 21.2 Å². The smallest absolute Gasteiger partial charge is 0.343 e. The van der Waals surface area contributed by atoms with Crippen LogP contribution in [0.5, 0.6) is 5.75 Å². The molecule has 0 atom stereocenters. The van der Waals surface area contributed by atoms with Gasteiger partial charge in [0, 0.05) is 17.2 Å². The predicted molar refractivity (Wildman–Crippen MR) is 123 cm³/mol. The van der Waals surface area contributed by atoms with Crippen molar-refractivity contribution >= 4 is 52.5 Å². The molecule has 1 amide bonds. The maximum atomic E-state index is 12.5. The van der Waals surface area contributed by atoms with E-state index in [4.69, 9.17) is 27.9 Å². The van der Waals surface area contributed by atoms with Crippen LogP contribution < -0.4 is 10.1 Å². The summed E-state index contributed by atoms with van der Waals surface area (Å²) in [6.07, 6.45) is 1.28. The molecule has 0 bridgehead atoms. The van der Waals surface area contributed by atoms with Crippen molar-refractivity contribution in [3.63, 3.8) is 0 Å². The molecule has 10 heteroatoms. The number of benzene rings is 3. The number of halogens is 2. The fourth-order valence-corrected chi connectivity index (χ4v) is 2.94. The number of nitro groups is 1. The lowest BCUT2D eigenvalue weighted by Gasteiger charge is -2.07. The highest BCUT2D eigenvalue weighted by Gasteiger charge is 2.15. The Hall–Kier alpha value is -4.19. The van der Waals surface area contributed by atoms with Gasteiger partial charge in [0.15, 0.2) is 0 Å². The average Bonchev–Trinajstić information content (AvgIpc) is 2.79. The van der Waals surface area contributed by atoms with E-state index in [1.165, 1.54) is 36.4 Å². The number of carbonyl (C=O) groups excluding carboxylic acids is 2. The minimum atomic E-state index is -0.816. The van der Waals surface area contributed by atoms with Crippen molar-refractivity contribution in [3.8, 4) is 11.8 Å². The molecule has 0 fully saturated rings. The maximum absolute atomic E-state index is 12.5. The number of anilines is 1. The minimum absolute atomic E-state index is 0.0114. The van der Waals surface area contributed by atoms with Crippen LogP contribution in [0.1, 0.15) is 15.9 Å². The molecule has 0 aromatic heterocycles. The molecule has 0 unspecified atom stereocenters. The highest BCUT2D eigenvalue weighted by Crippen LogP contribution is 2.27. The van der Waals surface area contributed by atoms with E-state index in [1.807, 2.05) is 0 Å². The second kappa shape index (κ2) is 10.4. The molecule has 3 aromatic rings. The Kier molecular flexibility index (Phi) is 7.41. The molecule has 0 aliphatic carbocycles. The van der Waals surface area contributed by atoms with Gasteiger partial charge in [-0.05, 0) is 54.1 Å². The number of amides is 1. The zero-order valence-corrected chi connectivity index (χ0v) is 18.1. The molecule has 33 heavy (non-hydrogen) atoms. The molecule has 3 aromatic carbocycles. The molecule has 8 nitrogen and oxygen atoms in total. The first-order valence-corrected chi connectivity index (χ1v) is 9.97. The van der Waals surface area contributed by atoms with Gasteiger partial charge in [-0.25, -0.2) is 4.79 Å². The maximum Gasteiger partial charge on any atom is 0.343 e. The SMILES string of the molecule is N#C/C(=C\c1cccc(OC(=O)c2ccc(Cl)cc2)c1)C(=O)Nc1cc([N+](=O)[O-])ccc1Cl. The third kappa shape index (κ3) is 6.17. The lowest BCUT2D eigenvalue weighted by molar-refractivity contribution is -0.384. The van der Waals surface area contributed by atoms with Crippen LogP contribution in [-0.2, 0) is 4.79 Å². The number of nitrogens with zero attached hydrogens (tertiary/aromatic N) is 2. The third-order valence-corrected chi connectivity index (χ3v) is 4.82. The largest absolute Gasteiger partial charge is 0.423 e. The lowest BCUT2D eigenvalue weighted by atomic mass is 10.1. The quantitative estimate of drug-likeness (QED) is 0.121. The lowest BCUT2D eigenvalue weighted by Crippen LogP contribution is -2.14. The van der Waals surface area contributed by atoms with E-state index < -0.39 is 16.8 Å². The Bertz CT molecular complexity index is 1310. The number of carbonyl (C=O) groups is 2. The van der Waals surface area contributed by atoms with Crippen molar-refractivity contribution in [1.82, 2.24) is 0 Å². The number of nitro benzene ring substituents is 1. The number of nitriles is 1. The molecule has 1 N–H and O–H groups in total. The first kappa shape index (κ1) is 23.5. The number of nitrogens with one attached hydrogen (secondary N) is 1. The summed E-state index contributed by atoms with van der Waals surface area (Å²) in [5.74, 6) is -1.22. The molecule has 0 saturated carbocycles. The van der Waals surface area contributed by atoms with Crippen molar-refractivity contribution in [3.05, 3.63) is 104 Å². The Labute approximate surface area is 197 Å². The van der Waals surface area contributed by atoms with Crippen molar-refractivity contribution in [2.45, 2.75) is 0 Å². The van der Waals surface area contributed by atoms with Gasteiger partial charge in [0.25, 0.3) is 11.6 Å². The summed E-state index contributed by atoms with van der Waals surface area (Å²) in [6, 6.07) is 17.7. The summed E-state index contributed by atoms with van der Waals surface area (Å²) in [5, 5.41) is 23.3. The van der Waals surface area contributed by atoms with Crippen molar-refractivity contribution < 1.29 is 19.2 Å². The number of esters is 1. The molecule has 164 valence electrons. The van der Waals surface area contributed by atoms with Crippen LogP contribution in [0.25, 0.3) is 6.08 Å². The summed E-state index contributed by atoms with van der Waals surface area (Å²) < 4.78 is 5.33. The van der Waals surface area contributed by atoms with Crippen LogP contribution in [0.3, 0.4) is 0 Å². The Balaban J connectivity index is 1.78. The monoisotopic (exact) mass is 481 g/mol. The van der Waals surface area contributed by atoms with Crippen LogP contribution in [0, 0.1) is 21.4 Å². The number of hydrogen-bond donors (Lipinski definition) is 1. The summed E-state index contributed by atoms with van der Waals surface area (Å²) in [6.45, 7) is 0. The summed E-state index contributed by atoms with van der Waals surface area (Å²) in [7, 11) is 0. The molecule has 0 aliphatic rings. The fourth-order valence-electron chi connectivity index (χ4n) is 2.65. The average molecular weight is 482 g/mol. The highest BCUT2D eigenvalue weighted by molar-refractivity contribution is 6.34. The number of non-ortho nitro benzene ring substituents is 1. The van der Waals surface area contributed by atoms with E-state index in [0.717, 1.165) is 6.07 Å². The molecule has 0 radical (unpaired) electrons. The topological polar surface area (TPSA) is 122 Å². The molecular weight excluding hydrogens is 469 g/mol. The molecule has 0 aliphatic heterocycles. The zero-order valence-electron chi connectivity index (χ0n) is 16.6. The van der Waals surface area contributed by atoms with E-state index in [0.29, 0.717) is 16.1 Å². The van der Waals surface area contributed by atoms with E-state index in [9.17, 15) is 25.0 Å². The van der Waals surface area contributed by atoms with Gasteiger partial charge in [0.1, 0.15) is 17.4 Å². The first-order chi connectivity index (χ1) is 15.8. The molecular formula is C23H13Cl2N3O5. The predicted octanol–water partition coefficient (Wildman–Crippen LogP) is 5.67. The second-order valence-corrected chi connectivity index (χ2v) is 7.36. The van der Waals surface area contributed by atoms with Gasteiger partial charge < -0.3 is 10.1 Å². The van der Waals surface area contributed by atoms with E-state index in [-0.39, 0.29) is 27.7 Å². The van der Waals surface area contributed by atoms with Crippen molar-refractivity contribution in [2.75, 3.05) is 5.32 Å². The van der Waals surface area contributed by atoms with Gasteiger partial charge in [-0.1, -0.05) is 35.3 Å². The number of rotatable bonds is 6. The van der Waals surface area contributed by atoms with Crippen LogP contribution in [0.15, 0.2) is 72.3 Å². The summed E-state index contributed by atoms with van der Waals surface area (Å²) >= 11 is 11.8. The van der Waals surface area contributed by atoms with Crippen LogP contribution in [-0.4, -0.2) is 16.8 Å². The molecule has 0 heterocycles. The normalized spacial score (nSPS) is 10.8. The van der Waals surface area contributed by atoms with E-state index in [2.05, 4.69) is 5.32 Å². The number of ether oxygens (including phenoxy) is 1. The van der Waals surface area contributed by atoms with E-state index in [1.54, 1.807) is 36.4 Å². The highest BCUT2D eigenvalue weighted by atomic mass is 35.5. The first-order valence-electron chi connectivity index (χ1n) is 9.21.